The van der Waals surface area contributed by atoms with Gasteiger partial charge in [0.05, 0.1) is 12.7 Å². The van der Waals surface area contributed by atoms with Gasteiger partial charge in [-0.05, 0) is 31.2 Å². The molecule has 15 nitrogen and oxygen atoms in total. The molecule has 1 aromatic carbocycles. The van der Waals surface area contributed by atoms with Gasteiger partial charge in [0.15, 0.2) is 17.3 Å². The summed E-state index contributed by atoms with van der Waals surface area (Å²) >= 11 is 5.83. The minimum atomic E-state index is -4.84. The Morgan fingerprint density at radius 2 is 1.98 bits per heavy atom. The standard InChI is InChI=1S/C24H27ClN5O10P/c1-12(2)21(33)28-24-27-20-19(22(34)29-24)26-11-30(20)17-10-16(37-18(32)9-4-13(3)31)23(38-17)40-41(35,36)39-15-7-5-14(25)6-8-15/h5-8,11-12,16-17,23H,4,9-10H2,1-3H3,(H,35,36)(H2,27,28,29,33,34)/t16-,17-,23-/m0/s1. The Bertz CT molecular complexity index is 1560. The lowest BCUT2D eigenvalue weighted by molar-refractivity contribution is -0.169. The summed E-state index contributed by atoms with van der Waals surface area (Å²) in [6.45, 7) is 4.65. The van der Waals surface area contributed by atoms with Crippen LogP contribution in [0.1, 0.15) is 46.3 Å². The summed E-state index contributed by atoms with van der Waals surface area (Å²) in [4.78, 5) is 69.6. The van der Waals surface area contributed by atoms with Gasteiger partial charge >= 0.3 is 13.8 Å². The number of nitrogens with zero attached hydrogens (tertiary/aromatic N) is 3. The second-order valence-electron chi connectivity index (χ2n) is 9.43. The number of phosphoric acid groups is 1. The second-order valence-corrected chi connectivity index (χ2v) is 11.2. The number of aromatic amines is 1. The molecule has 220 valence electrons. The molecule has 1 amide bonds. The number of fused-ring (bicyclic) bond motifs is 1. The van der Waals surface area contributed by atoms with Crippen LogP contribution in [0.2, 0.25) is 5.02 Å². The summed E-state index contributed by atoms with van der Waals surface area (Å²) in [5.41, 5.74) is -0.693. The molecule has 4 atom stereocenters. The summed E-state index contributed by atoms with van der Waals surface area (Å²) in [6, 6.07) is 5.58. The van der Waals surface area contributed by atoms with Crippen LogP contribution < -0.4 is 15.4 Å². The van der Waals surface area contributed by atoms with Gasteiger partial charge in [-0.1, -0.05) is 25.4 Å². The first kappa shape index (κ1) is 30.3. The average molecular weight is 612 g/mol. The monoisotopic (exact) mass is 611 g/mol. The minimum absolute atomic E-state index is 0.0182. The van der Waals surface area contributed by atoms with E-state index in [4.69, 9.17) is 30.1 Å². The number of anilines is 1. The first-order valence-corrected chi connectivity index (χ1v) is 14.3. The lowest BCUT2D eigenvalue weighted by atomic mass is 10.2. The van der Waals surface area contributed by atoms with Crippen LogP contribution in [0.3, 0.4) is 0 Å². The van der Waals surface area contributed by atoms with E-state index in [2.05, 4.69) is 20.3 Å². The smallest absolute Gasteiger partial charge is 0.457 e. The number of hydrogen-bond donors (Lipinski definition) is 3. The molecule has 4 rings (SSSR count). The maximum atomic E-state index is 12.8. The van der Waals surface area contributed by atoms with Crippen LogP contribution in [0, 0.1) is 5.92 Å². The summed E-state index contributed by atoms with van der Waals surface area (Å²) < 4.78 is 35.7. The lowest BCUT2D eigenvalue weighted by Gasteiger charge is -2.21. The summed E-state index contributed by atoms with van der Waals surface area (Å²) in [7, 11) is -4.84. The molecule has 0 bridgehead atoms. The fourth-order valence-corrected chi connectivity index (χ4v) is 4.73. The highest BCUT2D eigenvalue weighted by Crippen LogP contribution is 2.48. The molecule has 3 N–H and O–H groups in total. The molecule has 1 unspecified atom stereocenters. The minimum Gasteiger partial charge on any atom is -0.457 e. The maximum Gasteiger partial charge on any atom is 0.529 e. The number of ketones is 1. The number of nitrogens with one attached hydrogen (secondary N) is 2. The third-order valence-electron chi connectivity index (χ3n) is 5.77. The molecular weight excluding hydrogens is 585 g/mol. The predicted molar refractivity (Wildman–Crippen MR) is 143 cm³/mol. The number of carbonyl (C=O) groups is 3. The summed E-state index contributed by atoms with van der Waals surface area (Å²) in [6.07, 6.45) is -3.06. The molecular formula is C24H27ClN5O10P. The fourth-order valence-electron chi connectivity index (χ4n) is 3.73. The van der Waals surface area contributed by atoms with Gasteiger partial charge in [0.1, 0.15) is 17.8 Å². The van der Waals surface area contributed by atoms with Gasteiger partial charge in [-0.3, -0.25) is 34.1 Å². The number of rotatable bonds is 11. The molecule has 3 aromatic rings. The molecule has 1 aliphatic rings. The van der Waals surface area contributed by atoms with Crippen LogP contribution in [0.5, 0.6) is 5.75 Å². The molecule has 1 fully saturated rings. The molecule has 0 spiro atoms. The van der Waals surface area contributed by atoms with Crippen molar-refractivity contribution in [2.75, 3.05) is 5.32 Å². The molecule has 3 heterocycles. The quantitative estimate of drug-likeness (QED) is 0.212. The van der Waals surface area contributed by atoms with Gasteiger partial charge in [-0.25, -0.2) is 14.1 Å². The number of ether oxygens (including phenoxy) is 2. The number of aromatic nitrogens is 4. The van der Waals surface area contributed by atoms with E-state index in [1.54, 1.807) is 13.8 Å². The van der Waals surface area contributed by atoms with Crippen LogP contribution >= 0.6 is 19.4 Å². The SMILES string of the molecule is CC(=O)CCC(=O)O[C@H]1C[C@@H](n2cnc3c(=O)[nH]c(NC(=O)C(C)C)nc32)O[C@H]1OP(=O)(O)Oc1ccc(Cl)cc1. The molecule has 0 saturated carbocycles. The Kier molecular flexibility index (Phi) is 9.24. The van der Waals surface area contributed by atoms with Crippen LogP contribution in [-0.4, -0.2) is 54.5 Å². The van der Waals surface area contributed by atoms with Crippen molar-refractivity contribution < 1.29 is 42.4 Å². The zero-order valence-electron chi connectivity index (χ0n) is 22.1. The number of halogens is 1. The van der Waals surface area contributed by atoms with Crippen molar-refractivity contribution in [1.82, 2.24) is 19.5 Å². The topological polar surface area (TPSA) is 201 Å². The van der Waals surface area contributed by atoms with E-state index in [0.717, 1.165) is 0 Å². The van der Waals surface area contributed by atoms with Crippen LogP contribution in [0.15, 0.2) is 35.4 Å². The van der Waals surface area contributed by atoms with Gasteiger partial charge in [0.2, 0.25) is 18.1 Å². The Morgan fingerprint density at radius 3 is 2.63 bits per heavy atom. The molecule has 41 heavy (non-hydrogen) atoms. The molecule has 0 radical (unpaired) electrons. The Labute approximate surface area is 237 Å². The van der Waals surface area contributed by atoms with Crippen molar-refractivity contribution in [3.05, 3.63) is 46.0 Å². The Balaban J connectivity index is 1.60. The number of imidazole rings is 1. The average Bonchev–Trinajstić information content (AvgIpc) is 3.47. The first-order chi connectivity index (χ1) is 19.3. The van der Waals surface area contributed by atoms with Crippen LogP contribution in [0.4, 0.5) is 5.95 Å². The summed E-state index contributed by atoms with van der Waals surface area (Å²) in [5, 5.41) is 2.88. The number of phosphoric ester groups is 1. The van der Waals surface area contributed by atoms with Crippen LogP contribution in [-0.2, 0) is 32.9 Å². The second kappa shape index (κ2) is 12.5. The van der Waals surface area contributed by atoms with E-state index >= 15 is 0 Å². The normalized spacial score (nSPS) is 20.1. The first-order valence-electron chi connectivity index (χ1n) is 12.4. The highest BCUT2D eigenvalue weighted by molar-refractivity contribution is 7.47. The lowest BCUT2D eigenvalue weighted by Crippen LogP contribution is -2.29. The largest absolute Gasteiger partial charge is 0.529 e. The molecule has 1 aliphatic heterocycles. The number of esters is 1. The van der Waals surface area contributed by atoms with E-state index in [-0.39, 0.29) is 59.7 Å². The number of Topliss-reactive ketones (excluding diaryl/α,β-unsaturated/α-hetero) is 1. The molecule has 2 aromatic heterocycles. The maximum absolute atomic E-state index is 12.8. The highest BCUT2D eigenvalue weighted by Gasteiger charge is 2.45. The van der Waals surface area contributed by atoms with Gasteiger partial charge in [0, 0.05) is 23.8 Å². The van der Waals surface area contributed by atoms with Gasteiger partial charge in [-0.2, -0.15) is 4.98 Å². The Hall–Kier alpha value is -3.62. The van der Waals surface area contributed by atoms with Gasteiger partial charge in [-0.15, -0.1) is 0 Å². The van der Waals surface area contributed by atoms with Crippen molar-refractivity contribution in [3.8, 4) is 5.75 Å². The fraction of sp³-hybridized carbons (Fsp3) is 0.417. The Morgan fingerprint density at radius 1 is 1.27 bits per heavy atom. The summed E-state index contributed by atoms with van der Waals surface area (Å²) in [5.74, 6) is -1.92. The van der Waals surface area contributed by atoms with Crippen molar-refractivity contribution in [3.63, 3.8) is 0 Å². The third kappa shape index (κ3) is 7.77. The third-order valence-corrected chi connectivity index (χ3v) is 6.94. The van der Waals surface area contributed by atoms with Gasteiger partial charge < -0.3 is 18.8 Å². The molecule has 1 saturated heterocycles. The number of hydrogen-bond acceptors (Lipinski definition) is 11. The van der Waals surface area contributed by atoms with E-state index in [1.165, 1.54) is 42.1 Å². The van der Waals surface area contributed by atoms with E-state index in [1.807, 2.05) is 0 Å². The van der Waals surface area contributed by atoms with Crippen molar-refractivity contribution >= 4 is 54.2 Å². The van der Waals surface area contributed by atoms with E-state index in [0.29, 0.717) is 5.02 Å². The number of carbonyl (C=O) groups excluding carboxylic acids is 3. The number of amides is 1. The number of H-pyrrole nitrogens is 1. The van der Waals surface area contributed by atoms with E-state index in [9.17, 15) is 28.6 Å². The zero-order valence-corrected chi connectivity index (χ0v) is 23.8. The zero-order chi connectivity index (χ0) is 29.9. The van der Waals surface area contributed by atoms with Crippen LogP contribution in [0.25, 0.3) is 11.2 Å². The molecule has 0 aliphatic carbocycles. The van der Waals surface area contributed by atoms with Crippen molar-refractivity contribution in [2.45, 2.75) is 58.7 Å². The van der Waals surface area contributed by atoms with Crippen molar-refractivity contribution in [1.29, 1.82) is 0 Å². The molecule has 17 heteroatoms. The predicted octanol–water partition coefficient (Wildman–Crippen LogP) is 3.09. The highest BCUT2D eigenvalue weighted by atomic mass is 35.5. The van der Waals surface area contributed by atoms with Crippen molar-refractivity contribution in [2.24, 2.45) is 5.92 Å². The number of benzene rings is 1. The van der Waals surface area contributed by atoms with E-state index < -0.39 is 38.0 Å². The van der Waals surface area contributed by atoms with Gasteiger partial charge in [0.25, 0.3) is 5.56 Å².